The van der Waals surface area contributed by atoms with Gasteiger partial charge >= 0.3 is 5.97 Å². The van der Waals surface area contributed by atoms with Crippen molar-refractivity contribution in [3.63, 3.8) is 0 Å². The molecule has 3 rings (SSSR count). The number of aliphatic carboxylic acids is 1. The molecule has 0 aliphatic heterocycles. The number of carbonyl (C=O) groups is 2. The molecule has 1 aromatic heterocycles. The first-order valence-electron chi connectivity index (χ1n) is 9.52. The van der Waals surface area contributed by atoms with Crippen LogP contribution in [0.25, 0.3) is 10.9 Å². The van der Waals surface area contributed by atoms with E-state index in [1.807, 2.05) is 36.4 Å². The molecule has 1 heterocycles. The highest BCUT2D eigenvalue weighted by molar-refractivity contribution is 5.77. The standard InChI is InChI=1S/C22H23N3O4/c26-20(12-14-25-16-23-19-10-5-4-9-18(19)22(25)29)24(13-6-11-21(27)28)15-17-7-2-1-3-8-17/h1-5,7-10,16H,6,11-15H2,(H,27,28). The van der Waals surface area contributed by atoms with Crippen LogP contribution in [0.1, 0.15) is 24.8 Å². The Morgan fingerprint density at radius 1 is 1.00 bits per heavy atom. The van der Waals surface area contributed by atoms with E-state index in [0.717, 1.165) is 5.56 Å². The molecule has 0 aliphatic carbocycles. The second kappa shape index (κ2) is 9.64. The van der Waals surface area contributed by atoms with E-state index >= 15 is 0 Å². The Kier molecular flexibility index (Phi) is 6.73. The van der Waals surface area contributed by atoms with Gasteiger partial charge in [-0.25, -0.2) is 4.98 Å². The molecule has 150 valence electrons. The van der Waals surface area contributed by atoms with Crippen molar-refractivity contribution in [2.24, 2.45) is 0 Å². The van der Waals surface area contributed by atoms with Gasteiger partial charge in [0.1, 0.15) is 0 Å². The highest BCUT2D eigenvalue weighted by atomic mass is 16.4. The summed E-state index contributed by atoms with van der Waals surface area (Å²) in [5.74, 6) is -1.01. The molecular weight excluding hydrogens is 370 g/mol. The number of hydrogen-bond acceptors (Lipinski definition) is 4. The Morgan fingerprint density at radius 2 is 1.72 bits per heavy atom. The first-order chi connectivity index (χ1) is 14.0. The lowest BCUT2D eigenvalue weighted by molar-refractivity contribution is -0.138. The maximum Gasteiger partial charge on any atom is 0.303 e. The van der Waals surface area contributed by atoms with Crippen molar-refractivity contribution in [3.8, 4) is 0 Å². The highest BCUT2D eigenvalue weighted by Gasteiger charge is 2.15. The van der Waals surface area contributed by atoms with Crippen molar-refractivity contribution in [1.29, 1.82) is 0 Å². The first-order valence-corrected chi connectivity index (χ1v) is 9.52. The lowest BCUT2D eigenvalue weighted by Crippen LogP contribution is -2.33. The molecule has 0 radical (unpaired) electrons. The molecule has 29 heavy (non-hydrogen) atoms. The van der Waals surface area contributed by atoms with Crippen LogP contribution in [0.4, 0.5) is 0 Å². The van der Waals surface area contributed by atoms with E-state index in [4.69, 9.17) is 5.11 Å². The fourth-order valence-corrected chi connectivity index (χ4v) is 3.16. The Labute approximate surface area is 168 Å². The van der Waals surface area contributed by atoms with Crippen molar-refractivity contribution < 1.29 is 14.7 Å². The van der Waals surface area contributed by atoms with Crippen LogP contribution in [0.2, 0.25) is 0 Å². The van der Waals surface area contributed by atoms with E-state index < -0.39 is 5.97 Å². The van der Waals surface area contributed by atoms with Crippen molar-refractivity contribution in [2.45, 2.75) is 32.4 Å². The summed E-state index contributed by atoms with van der Waals surface area (Å²) >= 11 is 0. The molecule has 0 aliphatic rings. The summed E-state index contributed by atoms with van der Waals surface area (Å²) in [4.78, 5) is 42.1. The lowest BCUT2D eigenvalue weighted by atomic mass is 10.2. The average Bonchev–Trinajstić information content (AvgIpc) is 2.73. The predicted octanol–water partition coefficient (Wildman–Crippen LogP) is 2.68. The minimum Gasteiger partial charge on any atom is -0.481 e. The largest absolute Gasteiger partial charge is 0.481 e. The van der Waals surface area contributed by atoms with Crippen LogP contribution in [0, 0.1) is 0 Å². The molecule has 2 aromatic carbocycles. The van der Waals surface area contributed by atoms with Crippen LogP contribution < -0.4 is 5.56 Å². The third kappa shape index (κ3) is 5.51. The molecule has 0 spiro atoms. The Balaban J connectivity index is 1.69. The molecule has 0 unspecified atom stereocenters. The van der Waals surface area contributed by atoms with Gasteiger partial charge in [0.15, 0.2) is 0 Å². The van der Waals surface area contributed by atoms with Gasteiger partial charge in [0.25, 0.3) is 5.56 Å². The molecule has 7 heteroatoms. The normalized spacial score (nSPS) is 10.8. The summed E-state index contributed by atoms with van der Waals surface area (Å²) in [6.45, 7) is 0.981. The van der Waals surface area contributed by atoms with Gasteiger partial charge < -0.3 is 10.0 Å². The Morgan fingerprint density at radius 3 is 2.48 bits per heavy atom. The number of fused-ring (bicyclic) bond motifs is 1. The second-order valence-electron chi connectivity index (χ2n) is 6.81. The van der Waals surface area contributed by atoms with Crippen LogP contribution >= 0.6 is 0 Å². The topological polar surface area (TPSA) is 92.5 Å². The zero-order valence-electron chi connectivity index (χ0n) is 16.0. The molecular formula is C22H23N3O4. The molecule has 1 N–H and O–H groups in total. The van der Waals surface area contributed by atoms with Crippen LogP contribution in [-0.4, -0.2) is 38.0 Å². The SMILES string of the molecule is O=C(O)CCCN(Cc1ccccc1)C(=O)CCn1cnc2ccccc2c1=O. The summed E-state index contributed by atoms with van der Waals surface area (Å²) in [6.07, 6.45) is 1.99. The molecule has 1 amide bonds. The third-order valence-corrected chi connectivity index (χ3v) is 4.69. The minimum absolute atomic E-state index is 0.00657. The smallest absolute Gasteiger partial charge is 0.303 e. The monoisotopic (exact) mass is 393 g/mol. The Hall–Kier alpha value is -3.48. The Bertz CT molecular complexity index is 1050. The quantitative estimate of drug-likeness (QED) is 0.603. The zero-order valence-corrected chi connectivity index (χ0v) is 16.0. The number of carbonyl (C=O) groups excluding carboxylic acids is 1. The molecule has 0 fully saturated rings. The van der Waals surface area contributed by atoms with Crippen molar-refractivity contribution in [1.82, 2.24) is 14.5 Å². The van der Waals surface area contributed by atoms with E-state index in [2.05, 4.69) is 4.98 Å². The van der Waals surface area contributed by atoms with E-state index in [1.165, 1.54) is 10.9 Å². The van der Waals surface area contributed by atoms with Gasteiger partial charge in [0.2, 0.25) is 5.91 Å². The lowest BCUT2D eigenvalue weighted by Gasteiger charge is -2.23. The van der Waals surface area contributed by atoms with Crippen molar-refractivity contribution in [2.75, 3.05) is 6.54 Å². The predicted molar refractivity (Wildman–Crippen MR) is 109 cm³/mol. The summed E-state index contributed by atoms with van der Waals surface area (Å²) in [5.41, 5.74) is 1.42. The summed E-state index contributed by atoms with van der Waals surface area (Å²) in [7, 11) is 0. The van der Waals surface area contributed by atoms with E-state index in [0.29, 0.717) is 30.4 Å². The van der Waals surface area contributed by atoms with Gasteiger partial charge in [-0.15, -0.1) is 0 Å². The third-order valence-electron chi connectivity index (χ3n) is 4.69. The van der Waals surface area contributed by atoms with Gasteiger partial charge in [0.05, 0.1) is 17.2 Å². The first kappa shape index (κ1) is 20.3. The number of benzene rings is 2. The van der Waals surface area contributed by atoms with Crippen LogP contribution in [0.15, 0.2) is 65.7 Å². The summed E-state index contributed by atoms with van der Waals surface area (Å²) in [5, 5.41) is 9.39. The van der Waals surface area contributed by atoms with Crippen molar-refractivity contribution >= 4 is 22.8 Å². The van der Waals surface area contributed by atoms with Gasteiger partial charge in [-0.1, -0.05) is 42.5 Å². The second-order valence-corrected chi connectivity index (χ2v) is 6.81. The molecule has 7 nitrogen and oxygen atoms in total. The fourth-order valence-electron chi connectivity index (χ4n) is 3.16. The number of nitrogens with zero attached hydrogens (tertiary/aromatic N) is 3. The van der Waals surface area contributed by atoms with E-state index in [-0.39, 0.29) is 30.9 Å². The number of para-hydroxylation sites is 1. The number of rotatable bonds is 9. The number of carboxylic acid groups (broad SMARTS) is 1. The van der Waals surface area contributed by atoms with Gasteiger partial charge in [-0.3, -0.25) is 19.0 Å². The van der Waals surface area contributed by atoms with Crippen LogP contribution in [0.3, 0.4) is 0 Å². The number of amides is 1. The van der Waals surface area contributed by atoms with Crippen LogP contribution in [0.5, 0.6) is 0 Å². The van der Waals surface area contributed by atoms with E-state index in [9.17, 15) is 14.4 Å². The molecule has 0 saturated carbocycles. The van der Waals surface area contributed by atoms with Gasteiger partial charge in [-0.2, -0.15) is 0 Å². The van der Waals surface area contributed by atoms with Crippen LogP contribution in [-0.2, 0) is 22.7 Å². The average molecular weight is 393 g/mol. The number of aromatic nitrogens is 2. The number of aryl methyl sites for hydroxylation is 1. The minimum atomic E-state index is -0.883. The summed E-state index contributed by atoms with van der Waals surface area (Å²) in [6, 6.07) is 16.6. The van der Waals surface area contributed by atoms with Gasteiger partial charge in [-0.05, 0) is 24.1 Å². The molecule has 0 saturated heterocycles. The van der Waals surface area contributed by atoms with E-state index in [1.54, 1.807) is 23.1 Å². The molecule has 0 bridgehead atoms. The molecule has 3 aromatic rings. The number of carboxylic acids is 1. The fraction of sp³-hybridized carbons (Fsp3) is 0.273. The highest BCUT2D eigenvalue weighted by Crippen LogP contribution is 2.09. The summed E-state index contributed by atoms with van der Waals surface area (Å²) < 4.78 is 1.44. The zero-order chi connectivity index (χ0) is 20.6. The molecule has 0 atom stereocenters. The van der Waals surface area contributed by atoms with Crippen molar-refractivity contribution in [3.05, 3.63) is 76.8 Å². The maximum atomic E-state index is 12.8. The van der Waals surface area contributed by atoms with Gasteiger partial charge in [0, 0.05) is 32.5 Å². The number of hydrogen-bond donors (Lipinski definition) is 1. The maximum absolute atomic E-state index is 12.8.